The summed E-state index contributed by atoms with van der Waals surface area (Å²) >= 11 is -2.26. The van der Waals surface area contributed by atoms with Crippen LogP contribution in [0.15, 0.2) is 18.2 Å². The van der Waals surface area contributed by atoms with Crippen molar-refractivity contribution in [2.45, 2.75) is 27.7 Å². The summed E-state index contributed by atoms with van der Waals surface area (Å²) in [7, 11) is 1.30. The molecule has 0 fully saturated rings. The van der Waals surface area contributed by atoms with E-state index in [-0.39, 0.29) is 11.3 Å². The van der Waals surface area contributed by atoms with E-state index in [0.717, 1.165) is 13.1 Å². The molecular formula is C16H26N2O4S. The molecule has 23 heavy (non-hydrogen) atoms. The molecular weight excluding hydrogens is 316 g/mol. The molecule has 0 saturated carbocycles. The van der Waals surface area contributed by atoms with E-state index in [2.05, 4.69) is 37.3 Å². The average molecular weight is 342 g/mol. The Labute approximate surface area is 140 Å². The van der Waals surface area contributed by atoms with E-state index in [4.69, 9.17) is 9.29 Å². The Morgan fingerprint density at radius 2 is 1.83 bits per heavy atom. The lowest BCUT2D eigenvalue weighted by atomic mass is 10.1. The summed E-state index contributed by atoms with van der Waals surface area (Å²) in [4.78, 5) is 14.4. The predicted octanol–water partition coefficient (Wildman–Crippen LogP) is 3.14. The van der Waals surface area contributed by atoms with Crippen LogP contribution < -0.4 is 9.62 Å². The van der Waals surface area contributed by atoms with Crippen LogP contribution in [0.1, 0.15) is 38.1 Å². The third-order valence-corrected chi connectivity index (χ3v) is 3.54. The highest BCUT2D eigenvalue weighted by atomic mass is 32.2. The van der Waals surface area contributed by atoms with Crippen molar-refractivity contribution >= 4 is 28.6 Å². The number of esters is 1. The first-order valence-electron chi connectivity index (χ1n) is 7.60. The lowest BCUT2D eigenvalue weighted by Crippen LogP contribution is -2.33. The van der Waals surface area contributed by atoms with Crippen LogP contribution in [0.25, 0.3) is 0 Å². The topological polar surface area (TPSA) is 78.9 Å². The molecule has 0 bridgehead atoms. The molecule has 6 nitrogen and oxygen atoms in total. The Hall–Kier alpha value is -1.60. The first kappa shape index (κ1) is 19.4. The maximum atomic E-state index is 12.2. The van der Waals surface area contributed by atoms with Crippen LogP contribution in [0.3, 0.4) is 0 Å². The van der Waals surface area contributed by atoms with Crippen molar-refractivity contribution in [2.24, 2.45) is 11.8 Å². The van der Waals surface area contributed by atoms with Crippen molar-refractivity contribution in [3.05, 3.63) is 23.8 Å². The lowest BCUT2D eigenvalue weighted by Gasteiger charge is -2.30. The second kappa shape index (κ2) is 8.88. The molecule has 1 unspecified atom stereocenters. The van der Waals surface area contributed by atoms with E-state index >= 15 is 0 Å². The number of methoxy groups -OCH3 is 1. The van der Waals surface area contributed by atoms with Crippen molar-refractivity contribution in [2.75, 3.05) is 29.8 Å². The number of ether oxygens (including phenoxy) is 1. The van der Waals surface area contributed by atoms with E-state index in [1.54, 1.807) is 12.1 Å². The van der Waals surface area contributed by atoms with Gasteiger partial charge in [0.15, 0.2) is 0 Å². The SMILES string of the molecule is COC(=O)c1c(NS(=O)O)cccc1N(CC(C)C)CC(C)C. The minimum Gasteiger partial charge on any atom is -0.465 e. The van der Waals surface area contributed by atoms with Gasteiger partial charge in [0.1, 0.15) is 5.56 Å². The van der Waals surface area contributed by atoms with E-state index in [0.29, 0.717) is 17.5 Å². The Morgan fingerprint density at radius 1 is 1.26 bits per heavy atom. The van der Waals surface area contributed by atoms with Gasteiger partial charge >= 0.3 is 5.97 Å². The average Bonchev–Trinajstić information content (AvgIpc) is 2.44. The molecule has 0 heterocycles. The molecule has 1 aromatic carbocycles. The molecule has 0 aliphatic rings. The summed E-state index contributed by atoms with van der Waals surface area (Å²) in [5, 5.41) is 0. The summed E-state index contributed by atoms with van der Waals surface area (Å²) in [5.41, 5.74) is 1.26. The monoisotopic (exact) mass is 342 g/mol. The molecule has 0 aliphatic carbocycles. The maximum Gasteiger partial charge on any atom is 0.342 e. The van der Waals surface area contributed by atoms with Gasteiger partial charge in [0, 0.05) is 13.1 Å². The summed E-state index contributed by atoms with van der Waals surface area (Å²) in [6, 6.07) is 5.18. The Bertz CT molecular complexity index is 551. The first-order chi connectivity index (χ1) is 10.8. The van der Waals surface area contributed by atoms with E-state index in [1.165, 1.54) is 7.11 Å². The molecule has 0 spiro atoms. The first-order valence-corrected chi connectivity index (χ1v) is 8.70. The zero-order valence-corrected chi connectivity index (χ0v) is 15.1. The molecule has 0 aromatic heterocycles. The zero-order chi connectivity index (χ0) is 17.6. The molecule has 1 atom stereocenters. The second-order valence-corrected chi connectivity index (χ2v) is 6.94. The summed E-state index contributed by atoms with van der Waals surface area (Å²) in [5.74, 6) is 0.275. The van der Waals surface area contributed by atoms with Gasteiger partial charge < -0.3 is 9.64 Å². The van der Waals surface area contributed by atoms with E-state index < -0.39 is 17.2 Å². The highest BCUT2D eigenvalue weighted by Gasteiger charge is 2.23. The Kier molecular flexibility index (Phi) is 7.51. The van der Waals surface area contributed by atoms with Crippen LogP contribution in [0.4, 0.5) is 11.4 Å². The van der Waals surface area contributed by atoms with Crippen molar-refractivity contribution in [3.63, 3.8) is 0 Å². The number of benzene rings is 1. The molecule has 0 amide bonds. The van der Waals surface area contributed by atoms with Crippen LogP contribution in [0.5, 0.6) is 0 Å². The van der Waals surface area contributed by atoms with Crippen LogP contribution in [0.2, 0.25) is 0 Å². The number of carbonyl (C=O) groups is 1. The molecule has 2 N–H and O–H groups in total. The number of carbonyl (C=O) groups excluding carboxylic acids is 1. The molecule has 7 heteroatoms. The number of nitrogens with one attached hydrogen (secondary N) is 1. The number of hydrogen-bond donors (Lipinski definition) is 2. The third kappa shape index (κ3) is 5.84. The van der Waals surface area contributed by atoms with Gasteiger partial charge in [-0.25, -0.2) is 9.00 Å². The fourth-order valence-electron chi connectivity index (χ4n) is 2.45. The number of anilines is 2. The van der Waals surface area contributed by atoms with E-state index in [1.807, 2.05) is 6.07 Å². The normalized spacial score (nSPS) is 12.3. The predicted molar refractivity (Wildman–Crippen MR) is 94.1 cm³/mol. The largest absolute Gasteiger partial charge is 0.465 e. The van der Waals surface area contributed by atoms with Gasteiger partial charge in [-0.2, -0.15) is 0 Å². The summed E-state index contributed by atoms with van der Waals surface area (Å²) in [6.45, 7) is 9.97. The molecule has 1 aromatic rings. The highest BCUT2D eigenvalue weighted by molar-refractivity contribution is 7.80. The smallest absolute Gasteiger partial charge is 0.342 e. The molecule has 0 radical (unpaired) electrons. The van der Waals surface area contributed by atoms with Crippen LogP contribution in [-0.4, -0.2) is 34.9 Å². The lowest BCUT2D eigenvalue weighted by molar-refractivity contribution is 0.0602. The molecule has 1 rings (SSSR count). The number of rotatable bonds is 8. The summed E-state index contributed by atoms with van der Waals surface area (Å²) in [6.07, 6.45) is 0. The summed E-state index contributed by atoms with van der Waals surface area (Å²) < 4.78 is 27.5. The van der Waals surface area contributed by atoms with Gasteiger partial charge in [0.05, 0.1) is 18.5 Å². The molecule has 0 saturated heterocycles. The van der Waals surface area contributed by atoms with Gasteiger partial charge in [0.25, 0.3) is 11.3 Å². The Morgan fingerprint density at radius 3 is 2.26 bits per heavy atom. The van der Waals surface area contributed by atoms with Crippen molar-refractivity contribution < 1.29 is 18.3 Å². The van der Waals surface area contributed by atoms with Crippen LogP contribution in [0, 0.1) is 11.8 Å². The minimum absolute atomic E-state index is 0.277. The van der Waals surface area contributed by atoms with Crippen LogP contribution in [-0.2, 0) is 16.0 Å². The minimum atomic E-state index is -2.26. The fraction of sp³-hybridized carbons (Fsp3) is 0.562. The molecule has 0 aliphatic heterocycles. The Balaban J connectivity index is 3.39. The standard InChI is InChI=1S/C16H26N2O4S/c1-11(2)9-18(10-12(3)4)14-8-6-7-13(17-23(20)21)15(14)16(19)22-5/h6-8,11-12,17H,9-10H2,1-5H3,(H,20,21). The van der Waals surface area contributed by atoms with Gasteiger partial charge in [-0.1, -0.05) is 33.8 Å². The van der Waals surface area contributed by atoms with Gasteiger partial charge in [0.2, 0.25) is 0 Å². The van der Waals surface area contributed by atoms with Crippen molar-refractivity contribution in [3.8, 4) is 0 Å². The van der Waals surface area contributed by atoms with Gasteiger partial charge in [-0.3, -0.25) is 9.27 Å². The van der Waals surface area contributed by atoms with Gasteiger partial charge in [-0.15, -0.1) is 0 Å². The van der Waals surface area contributed by atoms with Crippen molar-refractivity contribution in [1.82, 2.24) is 0 Å². The van der Waals surface area contributed by atoms with E-state index in [9.17, 15) is 9.00 Å². The fourth-order valence-corrected chi connectivity index (χ4v) is 2.81. The second-order valence-electron chi connectivity index (χ2n) is 6.24. The number of nitrogens with zero attached hydrogens (tertiary/aromatic N) is 1. The number of hydrogen-bond acceptors (Lipinski definition) is 4. The van der Waals surface area contributed by atoms with Gasteiger partial charge in [-0.05, 0) is 24.0 Å². The molecule has 130 valence electrons. The quantitative estimate of drug-likeness (QED) is 0.560. The van der Waals surface area contributed by atoms with Crippen molar-refractivity contribution in [1.29, 1.82) is 0 Å². The van der Waals surface area contributed by atoms with Crippen LogP contribution >= 0.6 is 0 Å². The maximum absolute atomic E-state index is 12.2. The highest BCUT2D eigenvalue weighted by Crippen LogP contribution is 2.30. The third-order valence-electron chi connectivity index (χ3n) is 3.14. The zero-order valence-electron chi connectivity index (χ0n) is 14.3.